The summed E-state index contributed by atoms with van der Waals surface area (Å²) in [6.45, 7) is 5.69. The molecule has 0 aliphatic rings. The van der Waals surface area contributed by atoms with Crippen LogP contribution in [0.15, 0.2) is 18.2 Å². The minimum absolute atomic E-state index is 0.0415. The summed E-state index contributed by atoms with van der Waals surface area (Å²) in [7, 11) is 1.53. The molecular weight excluding hydrogens is 206 g/mol. The number of hydrogen-bond acceptors (Lipinski definition) is 3. The van der Waals surface area contributed by atoms with Crippen molar-refractivity contribution >= 4 is 5.91 Å². The number of rotatable bonds is 2. The van der Waals surface area contributed by atoms with Crippen LogP contribution in [0.5, 0.6) is 11.5 Å². The molecule has 0 saturated heterocycles. The number of amides is 1. The molecular formula is C12H17NO3. The van der Waals surface area contributed by atoms with E-state index in [9.17, 15) is 9.90 Å². The third-order valence-corrected chi connectivity index (χ3v) is 1.85. The van der Waals surface area contributed by atoms with Gasteiger partial charge in [0.05, 0.1) is 5.56 Å². The van der Waals surface area contributed by atoms with Gasteiger partial charge in [0.25, 0.3) is 5.91 Å². The number of ether oxygens (including phenoxy) is 1. The predicted molar refractivity (Wildman–Crippen MR) is 61.9 cm³/mol. The van der Waals surface area contributed by atoms with E-state index in [-0.39, 0.29) is 17.3 Å². The maximum Gasteiger partial charge on any atom is 0.254 e. The molecule has 0 heterocycles. The summed E-state index contributed by atoms with van der Waals surface area (Å²) in [4.78, 5) is 11.6. The molecule has 1 amide bonds. The summed E-state index contributed by atoms with van der Waals surface area (Å²) in [5.41, 5.74) is -0.0582. The smallest absolute Gasteiger partial charge is 0.254 e. The van der Waals surface area contributed by atoms with Gasteiger partial charge >= 0.3 is 0 Å². The fourth-order valence-corrected chi connectivity index (χ4v) is 1.25. The third kappa shape index (κ3) is 3.15. The van der Waals surface area contributed by atoms with Gasteiger partial charge in [0.15, 0.2) is 0 Å². The van der Waals surface area contributed by atoms with Gasteiger partial charge in [-0.15, -0.1) is 0 Å². The van der Waals surface area contributed by atoms with Crippen LogP contribution in [0.2, 0.25) is 0 Å². The van der Waals surface area contributed by atoms with Crippen molar-refractivity contribution in [3.05, 3.63) is 23.8 Å². The quantitative estimate of drug-likeness (QED) is 0.805. The molecule has 2 N–H and O–H groups in total. The molecule has 0 aromatic heterocycles. The Labute approximate surface area is 95.2 Å². The van der Waals surface area contributed by atoms with Crippen LogP contribution >= 0.6 is 0 Å². The molecule has 1 aromatic rings. The second kappa shape index (κ2) is 4.43. The zero-order chi connectivity index (χ0) is 12.3. The molecule has 1 rings (SSSR count). The zero-order valence-electron chi connectivity index (χ0n) is 10.00. The van der Waals surface area contributed by atoms with E-state index < -0.39 is 0 Å². The second-order valence-electron chi connectivity index (χ2n) is 4.47. The Bertz CT molecular complexity index is 394. The van der Waals surface area contributed by atoms with Gasteiger partial charge in [0, 0.05) is 7.05 Å². The molecule has 0 fully saturated rings. The van der Waals surface area contributed by atoms with Crippen LogP contribution in [0.4, 0.5) is 0 Å². The lowest BCUT2D eigenvalue weighted by atomic mass is 10.1. The Balaban J connectivity index is 3.13. The number of nitrogens with one attached hydrogen (secondary N) is 1. The van der Waals surface area contributed by atoms with Gasteiger partial charge in [-0.3, -0.25) is 4.79 Å². The number of carbonyl (C=O) groups is 1. The fourth-order valence-electron chi connectivity index (χ4n) is 1.25. The lowest BCUT2D eigenvalue weighted by Crippen LogP contribution is -2.26. The highest BCUT2D eigenvalue weighted by Crippen LogP contribution is 2.26. The van der Waals surface area contributed by atoms with Crippen molar-refractivity contribution in [3.8, 4) is 11.5 Å². The molecule has 88 valence electrons. The minimum atomic E-state index is -0.389. The van der Waals surface area contributed by atoms with Gasteiger partial charge in [-0.1, -0.05) is 0 Å². The molecule has 0 saturated carbocycles. The summed E-state index contributed by atoms with van der Waals surface area (Å²) >= 11 is 0. The van der Waals surface area contributed by atoms with Crippen LogP contribution in [-0.2, 0) is 0 Å². The van der Waals surface area contributed by atoms with Gasteiger partial charge in [0.1, 0.15) is 17.1 Å². The average molecular weight is 223 g/mol. The van der Waals surface area contributed by atoms with Crippen molar-refractivity contribution in [1.29, 1.82) is 0 Å². The molecule has 0 aliphatic heterocycles. The maximum absolute atomic E-state index is 11.6. The Hall–Kier alpha value is -1.71. The monoisotopic (exact) mass is 223 g/mol. The minimum Gasteiger partial charge on any atom is -0.508 e. The Kier molecular flexibility index (Phi) is 3.42. The van der Waals surface area contributed by atoms with Gasteiger partial charge in [0.2, 0.25) is 0 Å². The standard InChI is InChI=1S/C12H17NO3/c1-12(2,3)16-10-6-5-8(14)7-9(10)11(15)13-4/h5-7,14H,1-4H3,(H,13,15). The van der Waals surface area contributed by atoms with Crippen LogP contribution in [0.1, 0.15) is 31.1 Å². The highest BCUT2D eigenvalue weighted by atomic mass is 16.5. The van der Waals surface area contributed by atoms with E-state index >= 15 is 0 Å². The number of phenols is 1. The molecule has 1 aromatic carbocycles. The first-order valence-corrected chi connectivity index (χ1v) is 5.07. The molecule has 0 spiro atoms. The molecule has 0 bridgehead atoms. The van der Waals surface area contributed by atoms with Crippen molar-refractivity contribution in [2.24, 2.45) is 0 Å². The van der Waals surface area contributed by atoms with Crippen LogP contribution in [0.3, 0.4) is 0 Å². The van der Waals surface area contributed by atoms with Crippen LogP contribution in [-0.4, -0.2) is 23.7 Å². The molecule has 0 aliphatic carbocycles. The number of hydrogen-bond donors (Lipinski definition) is 2. The van der Waals surface area contributed by atoms with Crippen molar-refractivity contribution in [2.75, 3.05) is 7.05 Å². The largest absolute Gasteiger partial charge is 0.508 e. The van der Waals surface area contributed by atoms with Gasteiger partial charge in [-0.25, -0.2) is 0 Å². The Morgan fingerprint density at radius 2 is 2.00 bits per heavy atom. The molecule has 0 radical (unpaired) electrons. The molecule has 4 nitrogen and oxygen atoms in total. The van der Waals surface area contributed by atoms with Crippen LogP contribution in [0.25, 0.3) is 0 Å². The topological polar surface area (TPSA) is 58.6 Å². The lowest BCUT2D eigenvalue weighted by molar-refractivity contribution is 0.0941. The van der Waals surface area contributed by atoms with E-state index in [1.165, 1.54) is 19.2 Å². The van der Waals surface area contributed by atoms with E-state index in [1.54, 1.807) is 6.07 Å². The molecule has 16 heavy (non-hydrogen) atoms. The van der Waals surface area contributed by atoms with E-state index in [2.05, 4.69) is 5.32 Å². The number of phenolic OH excluding ortho intramolecular Hbond substituents is 1. The molecule has 0 atom stereocenters. The fraction of sp³-hybridized carbons (Fsp3) is 0.417. The summed E-state index contributed by atoms with van der Waals surface area (Å²) in [5, 5.41) is 11.8. The van der Waals surface area contributed by atoms with Crippen LogP contribution in [0, 0.1) is 0 Å². The van der Waals surface area contributed by atoms with Crippen molar-refractivity contribution in [1.82, 2.24) is 5.32 Å². The summed E-state index contributed by atoms with van der Waals surface area (Å²) in [5.74, 6) is 0.222. The zero-order valence-corrected chi connectivity index (χ0v) is 10.00. The van der Waals surface area contributed by atoms with E-state index in [0.29, 0.717) is 11.3 Å². The maximum atomic E-state index is 11.6. The number of benzene rings is 1. The second-order valence-corrected chi connectivity index (χ2v) is 4.47. The summed E-state index contributed by atoms with van der Waals surface area (Å²) < 4.78 is 5.64. The lowest BCUT2D eigenvalue weighted by Gasteiger charge is -2.22. The van der Waals surface area contributed by atoms with Crippen molar-refractivity contribution in [3.63, 3.8) is 0 Å². The van der Waals surface area contributed by atoms with Crippen molar-refractivity contribution < 1.29 is 14.6 Å². The molecule has 0 unspecified atom stereocenters. The SMILES string of the molecule is CNC(=O)c1cc(O)ccc1OC(C)(C)C. The van der Waals surface area contributed by atoms with Gasteiger partial charge < -0.3 is 15.2 Å². The van der Waals surface area contributed by atoms with E-state index in [0.717, 1.165) is 0 Å². The number of aromatic hydroxyl groups is 1. The number of carbonyl (C=O) groups excluding carboxylic acids is 1. The van der Waals surface area contributed by atoms with E-state index in [4.69, 9.17) is 4.74 Å². The highest BCUT2D eigenvalue weighted by Gasteiger charge is 2.18. The van der Waals surface area contributed by atoms with Crippen LogP contribution < -0.4 is 10.1 Å². The van der Waals surface area contributed by atoms with Gasteiger partial charge in [-0.05, 0) is 39.0 Å². The first-order valence-electron chi connectivity index (χ1n) is 5.07. The first-order chi connectivity index (χ1) is 7.33. The Morgan fingerprint density at radius 3 is 2.50 bits per heavy atom. The third-order valence-electron chi connectivity index (χ3n) is 1.85. The van der Waals surface area contributed by atoms with Crippen molar-refractivity contribution in [2.45, 2.75) is 26.4 Å². The summed E-state index contributed by atoms with van der Waals surface area (Å²) in [6.07, 6.45) is 0. The predicted octanol–water partition coefficient (Wildman–Crippen LogP) is 1.93. The highest BCUT2D eigenvalue weighted by molar-refractivity contribution is 5.97. The van der Waals surface area contributed by atoms with Gasteiger partial charge in [-0.2, -0.15) is 0 Å². The Morgan fingerprint density at radius 1 is 1.38 bits per heavy atom. The molecule has 4 heteroatoms. The first kappa shape index (κ1) is 12.4. The normalized spacial score (nSPS) is 11.0. The average Bonchev–Trinajstić information content (AvgIpc) is 2.17. The van der Waals surface area contributed by atoms with E-state index in [1.807, 2.05) is 20.8 Å². The summed E-state index contributed by atoms with van der Waals surface area (Å²) in [6, 6.07) is 4.47.